The van der Waals surface area contributed by atoms with Crippen LogP contribution in [-0.2, 0) is 22.7 Å². The van der Waals surface area contributed by atoms with Crippen LogP contribution < -0.4 is 5.32 Å². The molecule has 0 radical (unpaired) electrons. The molecule has 5 rings (SSSR count). The number of ether oxygens (including phenoxy) is 1. The number of hydrogen-bond acceptors (Lipinski definition) is 4. The van der Waals surface area contributed by atoms with Crippen molar-refractivity contribution in [2.75, 3.05) is 5.32 Å². The molecule has 1 amide bonds. The quantitative estimate of drug-likeness (QED) is 0.910. The fourth-order valence-corrected chi connectivity index (χ4v) is 5.28. The topological polar surface area (TPSA) is 51.2 Å². The molecule has 2 aliphatic carbocycles. The van der Waals surface area contributed by atoms with E-state index in [-0.39, 0.29) is 11.8 Å². The zero-order chi connectivity index (χ0) is 16.1. The fraction of sp³-hybridized carbons (Fsp3) is 0.474. The SMILES string of the molecule is O=C(Nc1nc(-c2ccc3c(c2)COC3)cs1)C1CC2CCC1C2. The number of thiazole rings is 1. The van der Waals surface area contributed by atoms with E-state index in [1.54, 1.807) is 0 Å². The summed E-state index contributed by atoms with van der Waals surface area (Å²) < 4.78 is 5.47. The van der Waals surface area contributed by atoms with E-state index < -0.39 is 0 Å². The lowest BCUT2D eigenvalue weighted by Crippen LogP contribution is -2.27. The summed E-state index contributed by atoms with van der Waals surface area (Å²) in [6.07, 6.45) is 4.86. The second-order valence-corrected chi connectivity index (χ2v) is 8.14. The lowest BCUT2D eigenvalue weighted by Gasteiger charge is -2.19. The van der Waals surface area contributed by atoms with E-state index in [4.69, 9.17) is 4.74 Å². The van der Waals surface area contributed by atoms with Crippen molar-refractivity contribution in [1.82, 2.24) is 4.98 Å². The summed E-state index contributed by atoms with van der Waals surface area (Å²) in [5.41, 5.74) is 4.53. The van der Waals surface area contributed by atoms with Crippen LogP contribution in [0.25, 0.3) is 11.3 Å². The Balaban J connectivity index is 1.31. The van der Waals surface area contributed by atoms with Crippen molar-refractivity contribution >= 4 is 22.4 Å². The third kappa shape index (κ3) is 2.47. The highest BCUT2D eigenvalue weighted by atomic mass is 32.1. The summed E-state index contributed by atoms with van der Waals surface area (Å²) >= 11 is 1.51. The van der Waals surface area contributed by atoms with Gasteiger partial charge in [-0.15, -0.1) is 11.3 Å². The highest BCUT2D eigenvalue weighted by Gasteiger charge is 2.43. The third-order valence-corrected chi connectivity index (χ3v) is 6.58. The van der Waals surface area contributed by atoms with E-state index in [9.17, 15) is 4.79 Å². The standard InChI is InChI=1S/C19H20N2O2S/c22-18(16-6-11-1-2-12(16)5-11)21-19-20-17(10-24-19)13-3-4-14-8-23-9-15(14)7-13/h3-4,7,10-12,16H,1-2,5-6,8-9H2,(H,20,21,22). The largest absolute Gasteiger partial charge is 0.372 e. The Bertz CT molecular complexity index is 800. The van der Waals surface area contributed by atoms with Gasteiger partial charge >= 0.3 is 0 Å². The molecule has 2 heterocycles. The van der Waals surface area contributed by atoms with Gasteiger partial charge in [-0.3, -0.25) is 4.79 Å². The number of carbonyl (C=O) groups excluding carboxylic acids is 1. The minimum atomic E-state index is 0.172. The lowest BCUT2D eigenvalue weighted by molar-refractivity contribution is -0.121. The van der Waals surface area contributed by atoms with Gasteiger partial charge in [0, 0.05) is 16.9 Å². The first-order valence-electron chi connectivity index (χ1n) is 8.72. The second kappa shape index (κ2) is 5.67. The molecular formula is C19H20N2O2S. The van der Waals surface area contributed by atoms with Crippen LogP contribution in [0.2, 0.25) is 0 Å². The first-order chi connectivity index (χ1) is 11.8. The number of aromatic nitrogens is 1. The lowest BCUT2D eigenvalue weighted by atomic mass is 9.88. The highest BCUT2D eigenvalue weighted by Crippen LogP contribution is 2.48. The first kappa shape index (κ1) is 14.6. The Labute approximate surface area is 145 Å². The number of anilines is 1. The van der Waals surface area contributed by atoms with E-state index in [0.717, 1.165) is 28.7 Å². The molecule has 3 unspecified atom stereocenters. The zero-order valence-electron chi connectivity index (χ0n) is 13.5. The van der Waals surface area contributed by atoms with Crippen molar-refractivity contribution in [3.05, 3.63) is 34.7 Å². The average molecular weight is 340 g/mol. The van der Waals surface area contributed by atoms with Crippen molar-refractivity contribution < 1.29 is 9.53 Å². The van der Waals surface area contributed by atoms with Gasteiger partial charge in [0.15, 0.2) is 5.13 Å². The Morgan fingerprint density at radius 3 is 2.96 bits per heavy atom. The number of rotatable bonds is 3. The molecule has 24 heavy (non-hydrogen) atoms. The van der Waals surface area contributed by atoms with Crippen molar-refractivity contribution in [1.29, 1.82) is 0 Å². The predicted molar refractivity (Wildman–Crippen MR) is 93.6 cm³/mol. The van der Waals surface area contributed by atoms with Crippen molar-refractivity contribution in [3.63, 3.8) is 0 Å². The summed E-state index contributed by atoms with van der Waals surface area (Å²) in [5.74, 6) is 1.76. The molecule has 1 N–H and O–H groups in total. The van der Waals surface area contributed by atoms with Gasteiger partial charge < -0.3 is 10.1 Å². The van der Waals surface area contributed by atoms with E-state index in [2.05, 4.69) is 28.5 Å². The van der Waals surface area contributed by atoms with Crippen LogP contribution in [0.4, 0.5) is 5.13 Å². The molecule has 124 valence electrons. The van der Waals surface area contributed by atoms with Crippen LogP contribution in [0.5, 0.6) is 0 Å². The van der Waals surface area contributed by atoms with Crippen molar-refractivity contribution in [2.24, 2.45) is 17.8 Å². The monoisotopic (exact) mass is 340 g/mol. The predicted octanol–water partition coefficient (Wildman–Crippen LogP) is 4.22. The molecule has 1 aliphatic heterocycles. The smallest absolute Gasteiger partial charge is 0.229 e. The number of benzene rings is 1. The van der Waals surface area contributed by atoms with Crippen LogP contribution in [-0.4, -0.2) is 10.9 Å². The van der Waals surface area contributed by atoms with E-state index >= 15 is 0 Å². The normalized spacial score (nSPS) is 27.4. The maximum atomic E-state index is 12.5. The van der Waals surface area contributed by atoms with Crippen molar-refractivity contribution in [2.45, 2.75) is 38.9 Å². The summed E-state index contributed by atoms with van der Waals surface area (Å²) in [4.78, 5) is 17.2. The average Bonchev–Trinajstić information content (AvgIpc) is 3.37. The summed E-state index contributed by atoms with van der Waals surface area (Å²) in [6, 6.07) is 6.35. The minimum absolute atomic E-state index is 0.172. The molecule has 3 aliphatic rings. The van der Waals surface area contributed by atoms with Crippen LogP contribution in [0, 0.1) is 17.8 Å². The van der Waals surface area contributed by atoms with Gasteiger partial charge in [-0.05, 0) is 48.3 Å². The maximum absolute atomic E-state index is 12.5. The van der Waals surface area contributed by atoms with Gasteiger partial charge in [0.1, 0.15) is 0 Å². The third-order valence-electron chi connectivity index (χ3n) is 5.83. The van der Waals surface area contributed by atoms with Crippen molar-refractivity contribution in [3.8, 4) is 11.3 Å². The number of nitrogens with one attached hydrogen (secondary N) is 1. The molecule has 0 spiro atoms. The first-order valence-corrected chi connectivity index (χ1v) is 9.60. The van der Waals surface area contributed by atoms with Gasteiger partial charge in [-0.25, -0.2) is 4.98 Å². The number of nitrogens with zero attached hydrogens (tertiary/aromatic N) is 1. The van der Waals surface area contributed by atoms with Gasteiger partial charge in [0.05, 0.1) is 18.9 Å². The molecule has 3 atom stereocenters. The van der Waals surface area contributed by atoms with E-state index in [0.29, 0.717) is 19.1 Å². The molecule has 2 aromatic rings. The Morgan fingerprint density at radius 1 is 1.21 bits per heavy atom. The molecule has 1 aromatic carbocycles. The minimum Gasteiger partial charge on any atom is -0.372 e. The molecule has 2 bridgehead atoms. The summed E-state index contributed by atoms with van der Waals surface area (Å²) in [6.45, 7) is 1.39. The van der Waals surface area contributed by atoms with Crippen LogP contribution >= 0.6 is 11.3 Å². The number of hydrogen-bond donors (Lipinski definition) is 1. The molecule has 2 fully saturated rings. The van der Waals surface area contributed by atoms with Gasteiger partial charge in [-0.1, -0.05) is 18.6 Å². The number of fused-ring (bicyclic) bond motifs is 3. The molecular weight excluding hydrogens is 320 g/mol. The van der Waals surface area contributed by atoms with Gasteiger partial charge in [0.25, 0.3) is 0 Å². The van der Waals surface area contributed by atoms with Crippen LogP contribution in [0.1, 0.15) is 36.8 Å². The zero-order valence-corrected chi connectivity index (χ0v) is 14.3. The number of amides is 1. The maximum Gasteiger partial charge on any atom is 0.229 e. The summed E-state index contributed by atoms with van der Waals surface area (Å²) in [7, 11) is 0. The number of carbonyl (C=O) groups is 1. The Morgan fingerprint density at radius 2 is 2.12 bits per heavy atom. The molecule has 5 heteroatoms. The van der Waals surface area contributed by atoms with Crippen LogP contribution in [0.15, 0.2) is 23.6 Å². The van der Waals surface area contributed by atoms with Crippen LogP contribution in [0.3, 0.4) is 0 Å². The Hall–Kier alpha value is -1.72. The van der Waals surface area contributed by atoms with Gasteiger partial charge in [-0.2, -0.15) is 0 Å². The molecule has 4 nitrogen and oxygen atoms in total. The molecule has 1 aromatic heterocycles. The highest BCUT2D eigenvalue weighted by molar-refractivity contribution is 7.14. The van der Waals surface area contributed by atoms with E-state index in [1.165, 1.54) is 41.7 Å². The second-order valence-electron chi connectivity index (χ2n) is 7.28. The Kier molecular flexibility index (Phi) is 3.45. The van der Waals surface area contributed by atoms with Gasteiger partial charge in [0.2, 0.25) is 5.91 Å². The molecule has 0 saturated heterocycles. The molecule has 2 saturated carbocycles. The summed E-state index contributed by atoms with van der Waals surface area (Å²) in [5, 5.41) is 5.79. The van der Waals surface area contributed by atoms with E-state index in [1.807, 2.05) is 5.38 Å². The fourth-order valence-electron chi connectivity index (χ4n) is 4.56.